The molecule has 0 saturated heterocycles. The van der Waals surface area contributed by atoms with Crippen LogP contribution >= 0.6 is 15.9 Å². The van der Waals surface area contributed by atoms with Crippen LogP contribution in [-0.2, 0) is 6.54 Å². The van der Waals surface area contributed by atoms with Crippen molar-refractivity contribution < 1.29 is 0 Å². The molecule has 1 aromatic carbocycles. The van der Waals surface area contributed by atoms with Gasteiger partial charge in [0.05, 0.1) is 6.54 Å². The van der Waals surface area contributed by atoms with Crippen LogP contribution in [0.25, 0.3) is 0 Å². The third kappa shape index (κ3) is 2.09. The summed E-state index contributed by atoms with van der Waals surface area (Å²) >= 11 is 3.33. The maximum absolute atomic E-state index is 5.54. The molecule has 2 aromatic rings. The van der Waals surface area contributed by atoms with Gasteiger partial charge in [-0.25, -0.2) is 4.68 Å². The van der Waals surface area contributed by atoms with Crippen molar-refractivity contribution in [1.29, 1.82) is 0 Å². The van der Waals surface area contributed by atoms with Crippen LogP contribution in [0, 0.1) is 13.8 Å². The molecule has 4 nitrogen and oxygen atoms in total. The van der Waals surface area contributed by atoms with Crippen molar-refractivity contribution >= 4 is 21.9 Å². The van der Waals surface area contributed by atoms with E-state index in [4.69, 9.17) is 5.73 Å². The molecule has 16 heavy (non-hydrogen) atoms. The maximum atomic E-state index is 5.54. The van der Waals surface area contributed by atoms with Crippen molar-refractivity contribution in [3.05, 3.63) is 39.6 Å². The Labute approximate surface area is 103 Å². The Kier molecular flexibility index (Phi) is 2.96. The zero-order chi connectivity index (χ0) is 11.7. The van der Waals surface area contributed by atoms with E-state index in [0.29, 0.717) is 11.3 Å². The van der Waals surface area contributed by atoms with E-state index >= 15 is 0 Å². The van der Waals surface area contributed by atoms with E-state index in [-0.39, 0.29) is 5.95 Å². The summed E-state index contributed by atoms with van der Waals surface area (Å²) in [5.74, 6) is 0.290. The summed E-state index contributed by atoms with van der Waals surface area (Å²) in [6.45, 7) is 4.87. The quantitative estimate of drug-likeness (QED) is 0.918. The summed E-state index contributed by atoms with van der Waals surface area (Å²) in [5, 5.41) is 4.12. The number of anilines is 1. The SMILES string of the molecule is Cc1cccc(C)c1Cn1nc(N)nc1Br. The number of hydrogen-bond acceptors (Lipinski definition) is 3. The highest BCUT2D eigenvalue weighted by Gasteiger charge is 2.08. The smallest absolute Gasteiger partial charge is 0.240 e. The van der Waals surface area contributed by atoms with Gasteiger partial charge in [-0.1, -0.05) is 18.2 Å². The van der Waals surface area contributed by atoms with Crippen LogP contribution in [-0.4, -0.2) is 14.8 Å². The minimum Gasteiger partial charge on any atom is -0.366 e. The summed E-state index contributed by atoms with van der Waals surface area (Å²) in [4.78, 5) is 4.01. The monoisotopic (exact) mass is 280 g/mol. The van der Waals surface area contributed by atoms with Crippen LogP contribution in [0.2, 0.25) is 0 Å². The Bertz CT molecular complexity index is 498. The minimum atomic E-state index is 0.290. The Morgan fingerprint density at radius 2 is 1.94 bits per heavy atom. The van der Waals surface area contributed by atoms with Gasteiger partial charge >= 0.3 is 0 Å². The molecule has 0 unspecified atom stereocenters. The Morgan fingerprint density at radius 3 is 2.44 bits per heavy atom. The fraction of sp³-hybridized carbons (Fsp3) is 0.273. The summed E-state index contributed by atoms with van der Waals surface area (Å²) in [6, 6.07) is 6.24. The van der Waals surface area contributed by atoms with Gasteiger partial charge in [0.2, 0.25) is 5.95 Å². The number of nitrogen functional groups attached to an aromatic ring is 1. The molecule has 0 atom stereocenters. The third-order valence-electron chi connectivity index (χ3n) is 2.60. The van der Waals surface area contributed by atoms with Gasteiger partial charge in [0, 0.05) is 0 Å². The first-order valence-electron chi connectivity index (χ1n) is 4.99. The van der Waals surface area contributed by atoms with E-state index in [9.17, 15) is 0 Å². The van der Waals surface area contributed by atoms with E-state index in [1.165, 1.54) is 16.7 Å². The Morgan fingerprint density at radius 1 is 1.31 bits per heavy atom. The summed E-state index contributed by atoms with van der Waals surface area (Å²) in [6.07, 6.45) is 0. The van der Waals surface area contributed by atoms with Crippen LogP contribution in [0.1, 0.15) is 16.7 Å². The van der Waals surface area contributed by atoms with Crippen LogP contribution < -0.4 is 5.73 Å². The highest BCUT2D eigenvalue weighted by molar-refractivity contribution is 9.10. The molecule has 0 amide bonds. The molecule has 0 aliphatic carbocycles. The lowest BCUT2D eigenvalue weighted by molar-refractivity contribution is 0.665. The molecule has 84 valence electrons. The maximum Gasteiger partial charge on any atom is 0.240 e. The second-order valence-corrected chi connectivity index (χ2v) is 4.48. The van der Waals surface area contributed by atoms with E-state index < -0.39 is 0 Å². The molecule has 1 heterocycles. The zero-order valence-electron chi connectivity index (χ0n) is 9.24. The van der Waals surface area contributed by atoms with Crippen molar-refractivity contribution in [2.24, 2.45) is 0 Å². The molecule has 0 fully saturated rings. The molecular formula is C11H13BrN4. The second kappa shape index (κ2) is 4.25. The lowest BCUT2D eigenvalue weighted by atomic mass is 10.0. The summed E-state index contributed by atoms with van der Waals surface area (Å²) in [7, 11) is 0. The molecule has 0 radical (unpaired) electrons. The predicted octanol–water partition coefficient (Wildman–Crippen LogP) is 2.29. The molecule has 0 aliphatic heterocycles. The van der Waals surface area contributed by atoms with Crippen molar-refractivity contribution in [2.75, 3.05) is 5.73 Å². The lowest BCUT2D eigenvalue weighted by Crippen LogP contribution is -2.06. The molecule has 0 aliphatic rings. The average molecular weight is 281 g/mol. The minimum absolute atomic E-state index is 0.290. The highest BCUT2D eigenvalue weighted by Crippen LogP contribution is 2.17. The van der Waals surface area contributed by atoms with Gasteiger partial charge in [0.1, 0.15) is 0 Å². The van der Waals surface area contributed by atoms with Gasteiger partial charge in [-0.3, -0.25) is 0 Å². The molecule has 2 rings (SSSR count). The van der Waals surface area contributed by atoms with Crippen molar-refractivity contribution in [2.45, 2.75) is 20.4 Å². The number of nitrogens with zero attached hydrogens (tertiary/aromatic N) is 3. The van der Waals surface area contributed by atoms with Gasteiger partial charge in [0.25, 0.3) is 0 Å². The fourth-order valence-corrected chi connectivity index (χ4v) is 2.07. The number of aromatic nitrogens is 3. The number of aryl methyl sites for hydroxylation is 2. The largest absolute Gasteiger partial charge is 0.366 e. The molecule has 2 N–H and O–H groups in total. The zero-order valence-corrected chi connectivity index (χ0v) is 10.8. The standard InChI is InChI=1S/C11H13BrN4/c1-7-4-3-5-8(2)9(7)6-16-10(12)14-11(13)15-16/h3-5H,6H2,1-2H3,(H2,13,15). The first kappa shape index (κ1) is 11.1. The molecule has 0 saturated carbocycles. The topological polar surface area (TPSA) is 56.7 Å². The molecule has 5 heteroatoms. The molecule has 1 aromatic heterocycles. The predicted molar refractivity (Wildman–Crippen MR) is 67.2 cm³/mol. The van der Waals surface area contributed by atoms with Crippen molar-refractivity contribution in [3.8, 4) is 0 Å². The van der Waals surface area contributed by atoms with Crippen LogP contribution in [0.15, 0.2) is 22.9 Å². The highest BCUT2D eigenvalue weighted by atomic mass is 79.9. The first-order valence-corrected chi connectivity index (χ1v) is 5.78. The van der Waals surface area contributed by atoms with Gasteiger partial charge in [0.15, 0.2) is 4.73 Å². The van der Waals surface area contributed by atoms with E-state index in [0.717, 1.165) is 0 Å². The number of hydrogen-bond donors (Lipinski definition) is 1. The van der Waals surface area contributed by atoms with Gasteiger partial charge < -0.3 is 5.73 Å². The summed E-state index contributed by atoms with van der Waals surface area (Å²) in [5.41, 5.74) is 9.30. The number of halogens is 1. The lowest BCUT2D eigenvalue weighted by Gasteiger charge is -2.09. The third-order valence-corrected chi connectivity index (χ3v) is 3.18. The summed E-state index contributed by atoms with van der Waals surface area (Å²) < 4.78 is 2.41. The number of rotatable bonds is 2. The normalized spacial score (nSPS) is 10.7. The van der Waals surface area contributed by atoms with E-state index in [2.05, 4.69) is 58.1 Å². The van der Waals surface area contributed by atoms with Crippen molar-refractivity contribution in [1.82, 2.24) is 14.8 Å². The van der Waals surface area contributed by atoms with Crippen LogP contribution in [0.3, 0.4) is 0 Å². The average Bonchev–Trinajstić information content (AvgIpc) is 2.51. The first-order chi connectivity index (χ1) is 7.58. The molecular weight excluding hydrogens is 268 g/mol. The Balaban J connectivity index is 2.37. The number of benzene rings is 1. The van der Waals surface area contributed by atoms with E-state index in [1.54, 1.807) is 4.68 Å². The second-order valence-electron chi connectivity index (χ2n) is 3.77. The van der Waals surface area contributed by atoms with Crippen LogP contribution in [0.4, 0.5) is 5.95 Å². The van der Waals surface area contributed by atoms with Gasteiger partial charge in [-0.05, 0) is 46.5 Å². The number of nitrogens with two attached hydrogens (primary N) is 1. The molecule has 0 spiro atoms. The van der Waals surface area contributed by atoms with E-state index in [1.807, 2.05) is 0 Å². The fourth-order valence-electron chi connectivity index (χ4n) is 1.69. The van der Waals surface area contributed by atoms with Gasteiger partial charge in [-0.2, -0.15) is 4.98 Å². The van der Waals surface area contributed by atoms with Crippen LogP contribution in [0.5, 0.6) is 0 Å². The Hall–Kier alpha value is -1.36. The van der Waals surface area contributed by atoms with Crippen molar-refractivity contribution in [3.63, 3.8) is 0 Å². The van der Waals surface area contributed by atoms with Gasteiger partial charge in [-0.15, -0.1) is 5.10 Å². The molecule has 0 bridgehead atoms.